The molecule has 0 N–H and O–H groups in total. The lowest BCUT2D eigenvalue weighted by Crippen LogP contribution is -2.44. The van der Waals surface area contributed by atoms with Gasteiger partial charge in [-0.1, -0.05) is 12.1 Å². The van der Waals surface area contributed by atoms with Gasteiger partial charge in [0.15, 0.2) is 0 Å². The number of benzene rings is 1. The predicted octanol–water partition coefficient (Wildman–Crippen LogP) is 2.27. The summed E-state index contributed by atoms with van der Waals surface area (Å²) >= 11 is 0. The largest absolute Gasteiger partial charge is 0.343 e. The minimum absolute atomic E-state index is 0.128. The lowest BCUT2D eigenvalue weighted by atomic mass is 10.0. The lowest BCUT2D eigenvalue weighted by Gasteiger charge is -2.36. The van der Waals surface area contributed by atoms with Crippen LogP contribution in [0.4, 0.5) is 4.39 Å². The fourth-order valence-electron chi connectivity index (χ4n) is 2.62. The third-order valence-electron chi connectivity index (χ3n) is 3.90. The maximum absolute atomic E-state index is 13.1. The molecule has 1 aromatic carbocycles. The molecule has 4 heteroatoms. The van der Waals surface area contributed by atoms with Crippen molar-refractivity contribution in [3.8, 4) is 0 Å². The second-order valence-electron chi connectivity index (χ2n) is 5.27. The van der Waals surface area contributed by atoms with Crippen molar-refractivity contribution >= 4 is 5.91 Å². The fraction of sp³-hybridized carbons (Fsp3) is 0.533. The van der Waals surface area contributed by atoms with E-state index in [0.29, 0.717) is 6.04 Å². The topological polar surface area (TPSA) is 23.6 Å². The van der Waals surface area contributed by atoms with Crippen molar-refractivity contribution in [2.45, 2.75) is 32.4 Å². The first-order valence-electron chi connectivity index (χ1n) is 6.76. The smallest absolute Gasteiger partial charge is 0.219 e. The molecule has 19 heavy (non-hydrogen) atoms. The summed E-state index contributed by atoms with van der Waals surface area (Å²) in [6.45, 7) is 4.31. The number of carbonyl (C=O) groups excluding carboxylic acids is 1. The van der Waals surface area contributed by atoms with Gasteiger partial charge in [0.25, 0.3) is 0 Å². The molecule has 0 aliphatic carbocycles. The summed E-state index contributed by atoms with van der Waals surface area (Å²) in [6, 6.07) is 7.12. The van der Waals surface area contributed by atoms with Gasteiger partial charge in [-0.25, -0.2) is 4.39 Å². The summed E-state index contributed by atoms with van der Waals surface area (Å²) in [7, 11) is 1.87. The summed E-state index contributed by atoms with van der Waals surface area (Å²) in [5.74, 6) is -0.0488. The Labute approximate surface area is 114 Å². The van der Waals surface area contributed by atoms with Gasteiger partial charge < -0.3 is 4.90 Å². The maximum Gasteiger partial charge on any atom is 0.219 e. The van der Waals surface area contributed by atoms with E-state index >= 15 is 0 Å². The summed E-state index contributed by atoms with van der Waals surface area (Å²) < 4.78 is 13.1. The number of hydrogen-bond acceptors (Lipinski definition) is 2. The van der Waals surface area contributed by atoms with E-state index in [2.05, 4.69) is 4.90 Å². The molecule has 2 rings (SSSR count). The number of nitrogens with zero attached hydrogens (tertiary/aromatic N) is 2. The SMILES string of the molecule is CC(=O)N(C)C1CCN(Cc2cccc(F)c2)CC1. The Balaban J connectivity index is 1.85. The molecule has 0 saturated carbocycles. The van der Waals surface area contributed by atoms with E-state index in [9.17, 15) is 9.18 Å². The van der Waals surface area contributed by atoms with E-state index < -0.39 is 0 Å². The lowest BCUT2D eigenvalue weighted by molar-refractivity contribution is -0.130. The standard InChI is InChI=1S/C15H21FN2O/c1-12(19)17(2)15-6-8-18(9-7-15)11-13-4-3-5-14(16)10-13/h3-5,10,15H,6-9,11H2,1-2H3. The van der Waals surface area contributed by atoms with E-state index in [1.54, 1.807) is 19.1 Å². The Kier molecular flexibility index (Phi) is 4.53. The number of amides is 1. The molecule has 0 aromatic heterocycles. The number of piperidine rings is 1. The summed E-state index contributed by atoms with van der Waals surface area (Å²) in [6.07, 6.45) is 1.98. The number of likely N-dealkylation sites (tertiary alicyclic amines) is 1. The number of hydrogen-bond donors (Lipinski definition) is 0. The van der Waals surface area contributed by atoms with Crippen LogP contribution in [0.25, 0.3) is 0 Å². The number of rotatable bonds is 3. The highest BCUT2D eigenvalue weighted by atomic mass is 19.1. The van der Waals surface area contributed by atoms with Crippen molar-refractivity contribution in [2.75, 3.05) is 20.1 Å². The molecule has 0 atom stereocenters. The molecule has 1 aliphatic rings. The van der Waals surface area contributed by atoms with Crippen molar-refractivity contribution < 1.29 is 9.18 Å². The van der Waals surface area contributed by atoms with E-state index in [1.165, 1.54) is 6.07 Å². The highest BCUT2D eigenvalue weighted by molar-refractivity contribution is 5.73. The zero-order valence-electron chi connectivity index (χ0n) is 11.6. The van der Waals surface area contributed by atoms with Crippen molar-refractivity contribution in [2.24, 2.45) is 0 Å². The average Bonchev–Trinajstić information content (AvgIpc) is 2.39. The van der Waals surface area contributed by atoms with Gasteiger partial charge in [-0.05, 0) is 30.5 Å². The minimum atomic E-state index is -0.177. The van der Waals surface area contributed by atoms with Gasteiger partial charge in [-0.2, -0.15) is 0 Å². The molecular formula is C15H21FN2O. The molecule has 1 heterocycles. The van der Waals surface area contributed by atoms with E-state index in [4.69, 9.17) is 0 Å². The molecule has 1 aliphatic heterocycles. The Morgan fingerprint density at radius 1 is 1.42 bits per heavy atom. The summed E-state index contributed by atoms with van der Waals surface area (Å²) in [5.41, 5.74) is 1.01. The highest BCUT2D eigenvalue weighted by Gasteiger charge is 2.23. The molecular weight excluding hydrogens is 243 g/mol. The highest BCUT2D eigenvalue weighted by Crippen LogP contribution is 2.17. The first-order chi connectivity index (χ1) is 9.06. The first kappa shape index (κ1) is 14.0. The van der Waals surface area contributed by atoms with Crippen molar-refractivity contribution in [1.29, 1.82) is 0 Å². The summed E-state index contributed by atoms with van der Waals surface area (Å²) in [4.78, 5) is 15.5. The van der Waals surface area contributed by atoms with Crippen molar-refractivity contribution in [1.82, 2.24) is 9.80 Å². The molecule has 0 unspecified atom stereocenters. The van der Waals surface area contributed by atoms with Gasteiger partial charge in [-0.15, -0.1) is 0 Å². The monoisotopic (exact) mass is 264 g/mol. The molecule has 104 valence electrons. The molecule has 1 amide bonds. The second-order valence-corrected chi connectivity index (χ2v) is 5.27. The van der Waals surface area contributed by atoms with Crippen LogP contribution in [0.5, 0.6) is 0 Å². The predicted molar refractivity (Wildman–Crippen MR) is 73.1 cm³/mol. The van der Waals surface area contributed by atoms with E-state index in [1.807, 2.05) is 18.0 Å². The van der Waals surface area contributed by atoms with E-state index in [0.717, 1.165) is 38.0 Å². The van der Waals surface area contributed by atoms with E-state index in [-0.39, 0.29) is 11.7 Å². The molecule has 1 saturated heterocycles. The zero-order chi connectivity index (χ0) is 13.8. The summed E-state index contributed by atoms with van der Waals surface area (Å²) in [5, 5.41) is 0. The zero-order valence-corrected chi connectivity index (χ0v) is 11.6. The first-order valence-corrected chi connectivity index (χ1v) is 6.76. The van der Waals surface area contributed by atoms with Crippen molar-refractivity contribution in [3.63, 3.8) is 0 Å². The fourth-order valence-corrected chi connectivity index (χ4v) is 2.62. The molecule has 3 nitrogen and oxygen atoms in total. The Morgan fingerprint density at radius 2 is 2.11 bits per heavy atom. The number of halogens is 1. The van der Waals surface area contributed by atoms with Crippen LogP contribution in [0.2, 0.25) is 0 Å². The molecule has 1 fully saturated rings. The van der Waals surface area contributed by atoms with Crippen LogP contribution in [0.1, 0.15) is 25.3 Å². The molecule has 0 bridgehead atoms. The van der Waals surface area contributed by atoms with Crippen LogP contribution >= 0.6 is 0 Å². The van der Waals surface area contributed by atoms with Gasteiger partial charge in [-0.3, -0.25) is 9.69 Å². The molecule has 0 spiro atoms. The van der Waals surface area contributed by atoms with Crippen LogP contribution in [-0.4, -0.2) is 41.9 Å². The van der Waals surface area contributed by atoms with Crippen LogP contribution < -0.4 is 0 Å². The van der Waals surface area contributed by atoms with Crippen LogP contribution in [0.3, 0.4) is 0 Å². The Morgan fingerprint density at radius 3 is 2.68 bits per heavy atom. The minimum Gasteiger partial charge on any atom is -0.343 e. The van der Waals surface area contributed by atoms with Gasteiger partial charge in [0.05, 0.1) is 0 Å². The maximum atomic E-state index is 13.1. The van der Waals surface area contributed by atoms with Crippen LogP contribution in [0, 0.1) is 5.82 Å². The van der Waals surface area contributed by atoms with Gasteiger partial charge >= 0.3 is 0 Å². The van der Waals surface area contributed by atoms with Crippen LogP contribution in [-0.2, 0) is 11.3 Å². The third-order valence-corrected chi connectivity index (χ3v) is 3.90. The normalized spacial score (nSPS) is 17.4. The average molecular weight is 264 g/mol. The van der Waals surface area contributed by atoms with Gasteiger partial charge in [0, 0.05) is 39.6 Å². The third kappa shape index (κ3) is 3.77. The molecule has 1 aromatic rings. The van der Waals surface area contributed by atoms with Crippen LogP contribution in [0.15, 0.2) is 24.3 Å². The second kappa shape index (κ2) is 6.15. The number of carbonyl (C=O) groups is 1. The van der Waals surface area contributed by atoms with Gasteiger partial charge in [0.2, 0.25) is 5.91 Å². The Bertz CT molecular complexity index is 442. The van der Waals surface area contributed by atoms with Gasteiger partial charge in [0.1, 0.15) is 5.82 Å². The molecule has 0 radical (unpaired) electrons. The van der Waals surface area contributed by atoms with Crippen molar-refractivity contribution in [3.05, 3.63) is 35.6 Å². The Hall–Kier alpha value is -1.42. The quantitative estimate of drug-likeness (QED) is 0.836.